The first-order chi connectivity index (χ1) is 10.4. The molecule has 0 fully saturated rings. The van der Waals surface area contributed by atoms with Gasteiger partial charge in [-0.3, -0.25) is 0 Å². The summed E-state index contributed by atoms with van der Waals surface area (Å²) < 4.78 is 5.66. The summed E-state index contributed by atoms with van der Waals surface area (Å²) in [4.78, 5) is 3.13. The number of ether oxygens (including phenoxy) is 1. The minimum Gasteiger partial charge on any atom is -0.490 e. The molecule has 0 saturated carbocycles. The Labute approximate surface area is 131 Å². The van der Waals surface area contributed by atoms with E-state index < -0.39 is 13.2 Å². The van der Waals surface area contributed by atoms with E-state index in [-0.39, 0.29) is 0 Å². The number of hydrogen-bond donors (Lipinski definition) is 5. The molecule has 0 aliphatic rings. The summed E-state index contributed by atoms with van der Waals surface area (Å²) in [6.45, 7) is 6.22. The first kappa shape index (κ1) is 18.5. The number of H-pyrrole nitrogens is 1. The van der Waals surface area contributed by atoms with Crippen molar-refractivity contribution >= 4 is 18.0 Å². The third-order valence-corrected chi connectivity index (χ3v) is 2.75. The number of aromatic amines is 1. The Morgan fingerprint density at radius 2 is 1.95 bits per heavy atom. The highest BCUT2D eigenvalue weighted by molar-refractivity contribution is 6.38. The molecule has 0 saturated heterocycles. The van der Waals surface area contributed by atoms with Crippen molar-refractivity contribution in [3.05, 3.63) is 30.5 Å². The van der Waals surface area contributed by atoms with E-state index in [0.717, 1.165) is 16.7 Å². The van der Waals surface area contributed by atoms with Gasteiger partial charge in [0.1, 0.15) is 18.5 Å². The molecule has 1 heterocycles. The van der Waals surface area contributed by atoms with Gasteiger partial charge in [0.05, 0.1) is 0 Å². The van der Waals surface area contributed by atoms with E-state index in [0.29, 0.717) is 19.2 Å². The molecule has 2 rings (SSSR count). The Kier molecular flexibility index (Phi) is 7.97. The fraction of sp³-hybridized carbons (Fsp3) is 0.467. The number of nitrogens with one attached hydrogen (secondary N) is 2. The number of aliphatic hydroxyl groups excluding tert-OH is 1. The zero-order chi connectivity index (χ0) is 16.5. The summed E-state index contributed by atoms with van der Waals surface area (Å²) in [6.07, 6.45) is 1.38. The Morgan fingerprint density at radius 1 is 1.27 bits per heavy atom. The van der Waals surface area contributed by atoms with Crippen molar-refractivity contribution in [3.63, 3.8) is 0 Å². The van der Waals surface area contributed by atoms with E-state index in [1.165, 1.54) is 6.82 Å². The Hall–Kier alpha value is -1.54. The molecule has 0 amide bonds. The van der Waals surface area contributed by atoms with Crippen molar-refractivity contribution in [3.8, 4) is 5.75 Å². The van der Waals surface area contributed by atoms with Crippen LogP contribution >= 0.6 is 0 Å². The van der Waals surface area contributed by atoms with Crippen LogP contribution in [0.3, 0.4) is 0 Å². The quantitative estimate of drug-likeness (QED) is 0.513. The van der Waals surface area contributed by atoms with Crippen molar-refractivity contribution < 1.29 is 19.9 Å². The molecule has 122 valence electrons. The second-order valence-electron chi connectivity index (χ2n) is 5.35. The van der Waals surface area contributed by atoms with Crippen LogP contribution in [0.25, 0.3) is 10.9 Å². The lowest BCUT2D eigenvalue weighted by atomic mass is 9.99. The molecular formula is C15H25BN2O4. The van der Waals surface area contributed by atoms with Gasteiger partial charge in [-0.25, -0.2) is 0 Å². The molecule has 0 radical (unpaired) electrons. The Morgan fingerprint density at radius 3 is 2.59 bits per heavy atom. The van der Waals surface area contributed by atoms with Crippen LogP contribution in [0.4, 0.5) is 0 Å². The number of fused-ring (bicyclic) bond motifs is 1. The predicted octanol–water partition coefficient (Wildman–Crippen LogP) is 0.995. The van der Waals surface area contributed by atoms with Gasteiger partial charge in [-0.2, -0.15) is 0 Å². The fourth-order valence-electron chi connectivity index (χ4n) is 1.80. The van der Waals surface area contributed by atoms with Crippen LogP contribution in [-0.4, -0.2) is 52.6 Å². The lowest BCUT2D eigenvalue weighted by Gasteiger charge is -2.15. The Balaban J connectivity index is 0.000000541. The molecule has 7 heteroatoms. The minimum atomic E-state index is -1.17. The molecule has 22 heavy (non-hydrogen) atoms. The number of hydrogen-bond acceptors (Lipinski definition) is 5. The summed E-state index contributed by atoms with van der Waals surface area (Å²) >= 11 is 0. The van der Waals surface area contributed by atoms with Gasteiger partial charge in [-0.1, -0.05) is 19.9 Å². The van der Waals surface area contributed by atoms with Crippen LogP contribution in [0, 0.1) is 0 Å². The number of aliphatic hydroxyl groups is 1. The summed E-state index contributed by atoms with van der Waals surface area (Å²) in [5, 5.41) is 29.2. The van der Waals surface area contributed by atoms with Crippen LogP contribution in [0.2, 0.25) is 6.82 Å². The molecular weight excluding hydrogens is 283 g/mol. The van der Waals surface area contributed by atoms with Gasteiger partial charge < -0.3 is 30.2 Å². The zero-order valence-electron chi connectivity index (χ0n) is 13.3. The molecule has 0 spiro atoms. The maximum atomic E-state index is 9.79. The molecule has 0 aliphatic carbocycles. The van der Waals surface area contributed by atoms with Crippen LogP contribution < -0.4 is 10.1 Å². The number of aromatic nitrogens is 1. The van der Waals surface area contributed by atoms with Gasteiger partial charge in [-0.15, -0.1) is 0 Å². The third-order valence-electron chi connectivity index (χ3n) is 2.75. The maximum Gasteiger partial charge on any atom is 0.448 e. The lowest BCUT2D eigenvalue weighted by molar-refractivity contribution is 0.105. The van der Waals surface area contributed by atoms with Crippen LogP contribution in [0.5, 0.6) is 5.75 Å². The van der Waals surface area contributed by atoms with E-state index >= 15 is 0 Å². The Bertz CT molecular complexity index is 542. The van der Waals surface area contributed by atoms with Crippen LogP contribution in [-0.2, 0) is 0 Å². The van der Waals surface area contributed by atoms with Gasteiger partial charge in [-0.05, 0) is 25.0 Å². The average molecular weight is 308 g/mol. The molecule has 5 N–H and O–H groups in total. The van der Waals surface area contributed by atoms with Gasteiger partial charge in [0.25, 0.3) is 0 Å². The topological polar surface area (TPSA) is 97.7 Å². The van der Waals surface area contributed by atoms with E-state index in [1.807, 2.05) is 44.3 Å². The average Bonchev–Trinajstić information content (AvgIpc) is 2.91. The van der Waals surface area contributed by atoms with Gasteiger partial charge in [0, 0.05) is 29.7 Å². The summed E-state index contributed by atoms with van der Waals surface area (Å²) in [6, 6.07) is 8.20. The van der Waals surface area contributed by atoms with E-state index in [4.69, 9.17) is 14.8 Å². The SMILES string of the molecule is CB(O)O.CC(C)NCC(O)COc1cccc2[nH]ccc12. The molecule has 0 aliphatic heterocycles. The van der Waals surface area contributed by atoms with Crippen molar-refractivity contribution in [2.45, 2.75) is 32.8 Å². The standard InChI is InChI=1S/C14H20N2O2.CH5BO2/c1-10(2)16-8-11(17)9-18-14-5-3-4-13-12(14)6-7-15-13;1-2(3)4/h3-7,10-11,15-17H,8-9H2,1-2H3;3-4H,1H3. The number of rotatable bonds is 6. The van der Waals surface area contributed by atoms with E-state index in [1.54, 1.807) is 0 Å². The molecule has 1 atom stereocenters. The molecule has 1 aromatic heterocycles. The van der Waals surface area contributed by atoms with Crippen LogP contribution in [0.15, 0.2) is 30.5 Å². The first-order valence-corrected chi connectivity index (χ1v) is 7.36. The predicted molar refractivity (Wildman–Crippen MR) is 89.0 cm³/mol. The zero-order valence-corrected chi connectivity index (χ0v) is 13.3. The van der Waals surface area contributed by atoms with E-state index in [9.17, 15) is 5.11 Å². The fourth-order valence-corrected chi connectivity index (χ4v) is 1.80. The summed E-state index contributed by atoms with van der Waals surface area (Å²) in [5.41, 5.74) is 1.04. The largest absolute Gasteiger partial charge is 0.490 e. The molecule has 1 aromatic carbocycles. The second kappa shape index (κ2) is 9.48. The van der Waals surface area contributed by atoms with Crippen LogP contribution in [0.1, 0.15) is 13.8 Å². The maximum absolute atomic E-state index is 9.79. The number of benzene rings is 1. The van der Waals surface area contributed by atoms with Crippen molar-refractivity contribution in [1.82, 2.24) is 10.3 Å². The van der Waals surface area contributed by atoms with Crippen molar-refractivity contribution in [1.29, 1.82) is 0 Å². The highest BCUT2D eigenvalue weighted by atomic mass is 16.5. The van der Waals surface area contributed by atoms with Gasteiger partial charge in [0.2, 0.25) is 0 Å². The molecule has 6 nitrogen and oxygen atoms in total. The molecule has 2 aromatic rings. The normalized spacial score (nSPS) is 12.0. The highest BCUT2D eigenvalue weighted by Gasteiger charge is 2.08. The molecule has 1 unspecified atom stereocenters. The highest BCUT2D eigenvalue weighted by Crippen LogP contribution is 2.24. The van der Waals surface area contributed by atoms with Gasteiger partial charge in [0.15, 0.2) is 0 Å². The molecule has 0 bridgehead atoms. The first-order valence-electron chi connectivity index (χ1n) is 7.36. The summed E-state index contributed by atoms with van der Waals surface area (Å²) in [5.74, 6) is 0.803. The van der Waals surface area contributed by atoms with Crippen molar-refractivity contribution in [2.24, 2.45) is 0 Å². The lowest BCUT2D eigenvalue weighted by Crippen LogP contribution is -2.35. The monoisotopic (exact) mass is 308 g/mol. The third kappa shape index (κ3) is 6.95. The smallest absolute Gasteiger partial charge is 0.448 e. The summed E-state index contributed by atoms with van der Waals surface area (Å²) in [7, 11) is -1.17. The minimum absolute atomic E-state index is 0.296. The van der Waals surface area contributed by atoms with Crippen molar-refractivity contribution in [2.75, 3.05) is 13.2 Å². The second-order valence-corrected chi connectivity index (χ2v) is 5.35. The van der Waals surface area contributed by atoms with Gasteiger partial charge >= 0.3 is 7.12 Å². The van der Waals surface area contributed by atoms with E-state index in [2.05, 4.69) is 10.3 Å².